The number of thioether (sulfide) groups is 1. The molecule has 0 spiro atoms. The van der Waals surface area contributed by atoms with E-state index in [0.717, 1.165) is 0 Å². The molecule has 0 atom stereocenters. The van der Waals surface area contributed by atoms with E-state index in [1.54, 1.807) is 30.6 Å². The molecule has 0 fully saturated rings. The highest BCUT2D eigenvalue weighted by Gasteiger charge is 2.06. The van der Waals surface area contributed by atoms with Crippen LogP contribution in [0.25, 0.3) is 0 Å². The number of hydrogen-bond acceptors (Lipinski definition) is 4. The van der Waals surface area contributed by atoms with Crippen molar-refractivity contribution in [3.8, 4) is 0 Å². The first kappa shape index (κ1) is 13.8. The van der Waals surface area contributed by atoms with E-state index >= 15 is 0 Å². The zero-order valence-corrected chi connectivity index (χ0v) is 11.6. The van der Waals surface area contributed by atoms with Crippen molar-refractivity contribution >= 4 is 35.0 Å². The summed E-state index contributed by atoms with van der Waals surface area (Å²) in [6, 6.07) is 8.92. The molecule has 1 N–H and O–H groups in total. The number of carbonyl (C=O) groups excluding carboxylic acids is 1. The lowest BCUT2D eigenvalue weighted by molar-refractivity contribution is -0.115. The number of carbonyl (C=O) groups is 1. The molecule has 0 aliphatic heterocycles. The van der Waals surface area contributed by atoms with Crippen molar-refractivity contribution in [3.63, 3.8) is 0 Å². The van der Waals surface area contributed by atoms with Crippen LogP contribution < -0.4 is 5.32 Å². The molecule has 0 saturated heterocycles. The minimum atomic E-state index is -0.0727. The van der Waals surface area contributed by atoms with Gasteiger partial charge in [0, 0.05) is 24.6 Å². The summed E-state index contributed by atoms with van der Waals surface area (Å²) in [5.41, 5.74) is 0.634. The van der Waals surface area contributed by atoms with Gasteiger partial charge >= 0.3 is 0 Å². The van der Waals surface area contributed by atoms with Gasteiger partial charge in [-0.3, -0.25) is 4.79 Å². The Labute approximate surface area is 120 Å². The topological polar surface area (TPSA) is 54.9 Å². The Morgan fingerprint density at radius 3 is 2.68 bits per heavy atom. The van der Waals surface area contributed by atoms with E-state index in [1.165, 1.54) is 11.8 Å². The molecule has 19 heavy (non-hydrogen) atoms. The van der Waals surface area contributed by atoms with Gasteiger partial charge in [0.2, 0.25) is 5.91 Å². The zero-order valence-electron chi connectivity index (χ0n) is 10.0. The molecule has 0 bridgehead atoms. The predicted molar refractivity (Wildman–Crippen MR) is 77.5 cm³/mol. The molecule has 1 aromatic carbocycles. The molecule has 2 aromatic rings. The number of amides is 1. The maximum absolute atomic E-state index is 11.7. The van der Waals surface area contributed by atoms with Crippen LogP contribution in [-0.4, -0.2) is 21.6 Å². The summed E-state index contributed by atoms with van der Waals surface area (Å²) in [4.78, 5) is 19.9. The van der Waals surface area contributed by atoms with Crippen molar-refractivity contribution in [2.24, 2.45) is 0 Å². The third-order valence-corrected chi connectivity index (χ3v) is 3.46. The van der Waals surface area contributed by atoms with Gasteiger partial charge in [0.05, 0.1) is 10.7 Å². The van der Waals surface area contributed by atoms with E-state index in [0.29, 0.717) is 28.0 Å². The van der Waals surface area contributed by atoms with Crippen molar-refractivity contribution in [1.82, 2.24) is 9.97 Å². The Morgan fingerprint density at radius 1 is 1.21 bits per heavy atom. The molecule has 98 valence electrons. The smallest absolute Gasteiger partial charge is 0.225 e. The van der Waals surface area contributed by atoms with Crippen LogP contribution in [0.2, 0.25) is 5.02 Å². The van der Waals surface area contributed by atoms with Gasteiger partial charge in [-0.2, -0.15) is 0 Å². The number of aromatic nitrogens is 2. The van der Waals surface area contributed by atoms with Gasteiger partial charge in [-0.1, -0.05) is 35.5 Å². The quantitative estimate of drug-likeness (QED) is 0.679. The number of halogens is 1. The number of nitrogens with zero attached hydrogens (tertiary/aromatic N) is 2. The minimum Gasteiger partial charge on any atom is -0.325 e. The number of hydrogen-bond donors (Lipinski definition) is 1. The monoisotopic (exact) mass is 293 g/mol. The third-order valence-electron chi connectivity index (χ3n) is 2.25. The van der Waals surface area contributed by atoms with E-state index in [4.69, 9.17) is 11.6 Å². The second-order valence-corrected chi connectivity index (χ2v) is 5.13. The summed E-state index contributed by atoms with van der Waals surface area (Å²) in [5, 5.41) is 3.98. The lowest BCUT2D eigenvalue weighted by Gasteiger charge is -2.06. The van der Waals surface area contributed by atoms with Gasteiger partial charge < -0.3 is 5.32 Å². The molecular weight excluding hydrogens is 282 g/mol. The van der Waals surface area contributed by atoms with Gasteiger partial charge in [-0.15, -0.1) is 0 Å². The Bertz CT molecular complexity index is 551. The second kappa shape index (κ2) is 7.11. The minimum absolute atomic E-state index is 0.0727. The lowest BCUT2D eigenvalue weighted by atomic mass is 10.3. The van der Waals surface area contributed by atoms with Crippen LogP contribution in [0.3, 0.4) is 0 Å². The van der Waals surface area contributed by atoms with Crippen LogP contribution in [0.15, 0.2) is 47.9 Å². The van der Waals surface area contributed by atoms with Crippen LogP contribution >= 0.6 is 23.4 Å². The fourth-order valence-corrected chi connectivity index (χ4v) is 2.29. The molecule has 0 saturated carbocycles. The van der Waals surface area contributed by atoms with E-state index in [-0.39, 0.29) is 5.91 Å². The number of benzene rings is 1. The molecular formula is C13H12ClN3OS. The Kier molecular flexibility index (Phi) is 5.18. The molecule has 1 aromatic heterocycles. The first-order chi connectivity index (χ1) is 9.25. The standard InChI is InChI=1S/C13H12ClN3OS/c14-10-4-1-2-5-11(10)17-12(18)6-9-19-13-15-7-3-8-16-13/h1-5,7-8H,6,9H2,(H,17,18). The van der Waals surface area contributed by atoms with E-state index in [2.05, 4.69) is 15.3 Å². The summed E-state index contributed by atoms with van der Waals surface area (Å²) in [5.74, 6) is 0.553. The van der Waals surface area contributed by atoms with E-state index < -0.39 is 0 Å². The summed E-state index contributed by atoms with van der Waals surface area (Å²) in [6.07, 6.45) is 3.74. The SMILES string of the molecule is O=C(CCSc1ncccn1)Nc1ccccc1Cl. The largest absolute Gasteiger partial charge is 0.325 e. The average Bonchev–Trinajstić information content (AvgIpc) is 2.43. The molecule has 2 rings (SSSR count). The Morgan fingerprint density at radius 2 is 1.95 bits per heavy atom. The normalized spacial score (nSPS) is 10.2. The van der Waals surface area contributed by atoms with Crippen LogP contribution in [0, 0.1) is 0 Å². The predicted octanol–water partition coefficient (Wildman–Crippen LogP) is 3.25. The Balaban J connectivity index is 1.78. The maximum atomic E-state index is 11.7. The highest BCUT2D eigenvalue weighted by molar-refractivity contribution is 7.99. The zero-order chi connectivity index (χ0) is 13.5. The van der Waals surface area contributed by atoms with Crippen LogP contribution in [0.5, 0.6) is 0 Å². The molecule has 6 heteroatoms. The van der Waals surface area contributed by atoms with Crippen molar-refractivity contribution in [2.45, 2.75) is 11.6 Å². The number of para-hydroxylation sites is 1. The highest BCUT2D eigenvalue weighted by atomic mass is 35.5. The molecule has 0 radical (unpaired) electrons. The van der Waals surface area contributed by atoms with Crippen molar-refractivity contribution in [3.05, 3.63) is 47.7 Å². The van der Waals surface area contributed by atoms with Crippen LogP contribution in [-0.2, 0) is 4.79 Å². The van der Waals surface area contributed by atoms with Gasteiger partial charge in [0.25, 0.3) is 0 Å². The highest BCUT2D eigenvalue weighted by Crippen LogP contribution is 2.21. The summed E-state index contributed by atoms with van der Waals surface area (Å²) < 4.78 is 0. The van der Waals surface area contributed by atoms with Crippen molar-refractivity contribution in [2.75, 3.05) is 11.1 Å². The van der Waals surface area contributed by atoms with Gasteiger partial charge in [0.1, 0.15) is 0 Å². The number of rotatable bonds is 5. The van der Waals surface area contributed by atoms with Gasteiger partial charge in [0.15, 0.2) is 5.16 Å². The van der Waals surface area contributed by atoms with Gasteiger partial charge in [-0.05, 0) is 18.2 Å². The van der Waals surface area contributed by atoms with Gasteiger partial charge in [-0.25, -0.2) is 9.97 Å². The molecule has 0 aliphatic rings. The summed E-state index contributed by atoms with van der Waals surface area (Å²) in [6.45, 7) is 0. The van der Waals surface area contributed by atoms with Crippen LogP contribution in [0.1, 0.15) is 6.42 Å². The lowest BCUT2D eigenvalue weighted by Crippen LogP contribution is -2.12. The van der Waals surface area contributed by atoms with E-state index in [1.807, 2.05) is 12.1 Å². The third kappa shape index (κ3) is 4.54. The molecule has 4 nitrogen and oxygen atoms in total. The Hall–Kier alpha value is -1.59. The molecule has 1 amide bonds. The summed E-state index contributed by atoms with van der Waals surface area (Å²) in [7, 11) is 0. The van der Waals surface area contributed by atoms with E-state index in [9.17, 15) is 4.79 Å². The fraction of sp³-hybridized carbons (Fsp3) is 0.154. The molecule has 1 heterocycles. The maximum Gasteiger partial charge on any atom is 0.225 e. The number of anilines is 1. The number of nitrogens with one attached hydrogen (secondary N) is 1. The average molecular weight is 294 g/mol. The van der Waals surface area contributed by atoms with Crippen molar-refractivity contribution < 1.29 is 4.79 Å². The van der Waals surface area contributed by atoms with Crippen molar-refractivity contribution in [1.29, 1.82) is 0 Å². The van der Waals surface area contributed by atoms with Crippen LogP contribution in [0.4, 0.5) is 5.69 Å². The fourth-order valence-electron chi connectivity index (χ4n) is 1.37. The molecule has 0 aliphatic carbocycles. The first-order valence-corrected chi connectivity index (χ1v) is 7.06. The molecule has 0 unspecified atom stereocenters. The first-order valence-electron chi connectivity index (χ1n) is 5.70. The second-order valence-electron chi connectivity index (χ2n) is 3.66. The summed E-state index contributed by atoms with van der Waals surface area (Å²) >= 11 is 7.41.